The summed E-state index contributed by atoms with van der Waals surface area (Å²) in [5.41, 5.74) is 0.604. The zero-order valence-electron chi connectivity index (χ0n) is 8.03. The van der Waals surface area contributed by atoms with Gasteiger partial charge in [-0.2, -0.15) is 0 Å². The second-order valence-electron chi connectivity index (χ2n) is 3.39. The Morgan fingerprint density at radius 3 is 2.60 bits per heavy atom. The van der Waals surface area contributed by atoms with Crippen molar-refractivity contribution in [2.75, 3.05) is 0 Å². The van der Waals surface area contributed by atoms with Crippen LogP contribution >= 0.6 is 0 Å². The predicted octanol–water partition coefficient (Wildman–Crippen LogP) is 3.20. The summed E-state index contributed by atoms with van der Waals surface area (Å²) in [5.74, 6) is -0.337. The standard InChI is InChI=1S/C11H8FNO2/c1-7-4-9-5-10(12)3-2-8(9)6-11(7)13(14)15/h2-6H,1H3. The van der Waals surface area contributed by atoms with Crippen molar-refractivity contribution in [3.8, 4) is 0 Å². The molecule has 0 fully saturated rings. The van der Waals surface area contributed by atoms with E-state index in [0.717, 1.165) is 0 Å². The SMILES string of the molecule is Cc1cc2cc(F)ccc2cc1[N+](=O)[O-]. The summed E-state index contributed by atoms with van der Waals surface area (Å²) >= 11 is 0. The molecule has 0 spiro atoms. The maximum atomic E-state index is 12.9. The van der Waals surface area contributed by atoms with Gasteiger partial charge in [0, 0.05) is 11.6 Å². The van der Waals surface area contributed by atoms with Gasteiger partial charge in [-0.25, -0.2) is 4.39 Å². The zero-order chi connectivity index (χ0) is 11.0. The fourth-order valence-corrected chi connectivity index (χ4v) is 1.57. The quantitative estimate of drug-likeness (QED) is 0.530. The monoisotopic (exact) mass is 205 g/mol. The molecule has 4 heteroatoms. The maximum Gasteiger partial charge on any atom is 0.272 e. The fourth-order valence-electron chi connectivity index (χ4n) is 1.57. The number of hydrogen-bond acceptors (Lipinski definition) is 2. The number of rotatable bonds is 1. The van der Waals surface area contributed by atoms with Crippen LogP contribution in [0.5, 0.6) is 0 Å². The molecule has 3 nitrogen and oxygen atoms in total. The van der Waals surface area contributed by atoms with E-state index < -0.39 is 4.92 Å². The van der Waals surface area contributed by atoms with Crippen LogP contribution in [-0.2, 0) is 0 Å². The van der Waals surface area contributed by atoms with Gasteiger partial charge in [0.2, 0.25) is 0 Å². The molecule has 76 valence electrons. The molecule has 2 rings (SSSR count). The number of aryl methyl sites for hydroxylation is 1. The molecule has 0 aliphatic carbocycles. The van der Waals surface area contributed by atoms with Crippen molar-refractivity contribution in [2.24, 2.45) is 0 Å². The average Bonchev–Trinajstić information content (AvgIpc) is 2.15. The van der Waals surface area contributed by atoms with Gasteiger partial charge in [0.25, 0.3) is 5.69 Å². The highest BCUT2D eigenvalue weighted by Gasteiger charge is 2.11. The lowest BCUT2D eigenvalue weighted by Gasteiger charge is -2.01. The first kappa shape index (κ1) is 9.58. The first-order chi connectivity index (χ1) is 7.08. The molecule has 0 aliphatic heterocycles. The van der Waals surface area contributed by atoms with Crippen LogP contribution < -0.4 is 0 Å². The van der Waals surface area contributed by atoms with Crippen molar-refractivity contribution in [1.29, 1.82) is 0 Å². The number of nitro groups is 1. The van der Waals surface area contributed by atoms with Gasteiger partial charge in [0.1, 0.15) is 5.82 Å². The normalized spacial score (nSPS) is 10.5. The number of hydrogen-bond donors (Lipinski definition) is 0. The Morgan fingerprint density at radius 1 is 1.20 bits per heavy atom. The molecule has 0 unspecified atom stereocenters. The van der Waals surface area contributed by atoms with E-state index in [9.17, 15) is 14.5 Å². The molecule has 0 N–H and O–H groups in total. The van der Waals surface area contributed by atoms with Crippen molar-refractivity contribution in [3.63, 3.8) is 0 Å². The average molecular weight is 205 g/mol. The van der Waals surface area contributed by atoms with Gasteiger partial charge >= 0.3 is 0 Å². The van der Waals surface area contributed by atoms with Crippen LogP contribution in [0.3, 0.4) is 0 Å². The van der Waals surface area contributed by atoms with Gasteiger partial charge < -0.3 is 0 Å². The summed E-state index contributed by atoms with van der Waals surface area (Å²) in [5, 5.41) is 12.0. The first-order valence-corrected chi connectivity index (χ1v) is 4.42. The smallest absolute Gasteiger partial charge is 0.258 e. The lowest BCUT2D eigenvalue weighted by atomic mass is 10.1. The van der Waals surface area contributed by atoms with Crippen molar-refractivity contribution < 1.29 is 9.31 Å². The zero-order valence-corrected chi connectivity index (χ0v) is 8.03. The van der Waals surface area contributed by atoms with Crippen molar-refractivity contribution in [1.82, 2.24) is 0 Å². The molecule has 0 heterocycles. The van der Waals surface area contributed by atoms with E-state index in [1.165, 1.54) is 24.3 Å². The van der Waals surface area contributed by atoms with E-state index in [1.807, 2.05) is 0 Å². The summed E-state index contributed by atoms with van der Waals surface area (Å²) in [7, 11) is 0. The van der Waals surface area contributed by atoms with Gasteiger partial charge in [-0.05, 0) is 35.9 Å². The van der Waals surface area contributed by atoms with Gasteiger partial charge in [-0.1, -0.05) is 6.07 Å². The summed E-state index contributed by atoms with van der Waals surface area (Å²) < 4.78 is 12.9. The lowest BCUT2D eigenvalue weighted by Crippen LogP contribution is -1.91. The van der Waals surface area contributed by atoms with E-state index >= 15 is 0 Å². The molecule has 0 aliphatic rings. The second-order valence-corrected chi connectivity index (χ2v) is 3.39. The Hall–Kier alpha value is -1.97. The van der Waals surface area contributed by atoms with E-state index in [-0.39, 0.29) is 11.5 Å². The minimum absolute atomic E-state index is 0.0640. The predicted molar refractivity (Wildman–Crippen MR) is 55.3 cm³/mol. The molecule has 2 aromatic rings. The molecule has 0 saturated carbocycles. The summed E-state index contributed by atoms with van der Waals surface area (Å²) in [6.07, 6.45) is 0. The van der Waals surface area contributed by atoms with E-state index in [2.05, 4.69) is 0 Å². The van der Waals surface area contributed by atoms with Crippen LogP contribution in [0.1, 0.15) is 5.56 Å². The number of halogens is 1. The molecular weight excluding hydrogens is 197 g/mol. The van der Waals surface area contributed by atoms with Gasteiger partial charge in [-0.3, -0.25) is 10.1 Å². The van der Waals surface area contributed by atoms with Crippen molar-refractivity contribution in [2.45, 2.75) is 6.92 Å². The van der Waals surface area contributed by atoms with Crippen LogP contribution in [0.4, 0.5) is 10.1 Å². The van der Waals surface area contributed by atoms with Crippen LogP contribution in [0.25, 0.3) is 10.8 Å². The highest BCUT2D eigenvalue weighted by Crippen LogP contribution is 2.25. The Kier molecular flexibility index (Phi) is 2.11. The second kappa shape index (κ2) is 3.31. The lowest BCUT2D eigenvalue weighted by molar-refractivity contribution is -0.385. The molecular formula is C11H8FNO2. The topological polar surface area (TPSA) is 43.1 Å². The van der Waals surface area contributed by atoms with Crippen LogP contribution in [-0.4, -0.2) is 4.92 Å². The Bertz CT molecular complexity index is 552. The third-order valence-electron chi connectivity index (χ3n) is 2.31. The molecule has 0 saturated heterocycles. The van der Waals surface area contributed by atoms with Gasteiger partial charge in [0.15, 0.2) is 0 Å². The molecule has 0 radical (unpaired) electrons. The van der Waals surface area contributed by atoms with Crippen molar-refractivity contribution in [3.05, 3.63) is 51.8 Å². The summed E-state index contributed by atoms with van der Waals surface area (Å²) in [6.45, 7) is 1.64. The summed E-state index contributed by atoms with van der Waals surface area (Å²) in [4.78, 5) is 10.2. The molecule has 0 atom stereocenters. The third-order valence-corrected chi connectivity index (χ3v) is 2.31. The first-order valence-electron chi connectivity index (χ1n) is 4.42. The molecule has 0 bridgehead atoms. The van der Waals surface area contributed by atoms with Crippen LogP contribution in [0.15, 0.2) is 30.3 Å². The van der Waals surface area contributed by atoms with Crippen LogP contribution in [0, 0.1) is 22.9 Å². The third kappa shape index (κ3) is 1.66. The van der Waals surface area contributed by atoms with Crippen LogP contribution in [0.2, 0.25) is 0 Å². The van der Waals surface area contributed by atoms with E-state index in [1.54, 1.807) is 13.0 Å². The molecule has 0 amide bonds. The number of nitro benzene ring substituents is 1. The molecule has 15 heavy (non-hydrogen) atoms. The Labute approximate surface area is 85.3 Å². The number of fused-ring (bicyclic) bond motifs is 1. The maximum absolute atomic E-state index is 12.9. The number of nitrogens with zero attached hydrogens (tertiary/aromatic N) is 1. The van der Waals surface area contributed by atoms with Gasteiger partial charge in [-0.15, -0.1) is 0 Å². The number of benzene rings is 2. The molecule has 2 aromatic carbocycles. The highest BCUT2D eigenvalue weighted by molar-refractivity contribution is 5.85. The minimum atomic E-state index is -0.432. The summed E-state index contributed by atoms with van der Waals surface area (Å²) in [6, 6.07) is 7.28. The van der Waals surface area contributed by atoms with E-state index in [4.69, 9.17) is 0 Å². The Morgan fingerprint density at radius 2 is 1.93 bits per heavy atom. The molecule has 0 aromatic heterocycles. The van der Waals surface area contributed by atoms with E-state index in [0.29, 0.717) is 16.3 Å². The fraction of sp³-hybridized carbons (Fsp3) is 0.0909. The Balaban J connectivity index is 2.76. The van der Waals surface area contributed by atoms with Gasteiger partial charge in [0.05, 0.1) is 4.92 Å². The minimum Gasteiger partial charge on any atom is -0.258 e. The highest BCUT2D eigenvalue weighted by atomic mass is 19.1. The van der Waals surface area contributed by atoms with Crippen molar-refractivity contribution >= 4 is 16.5 Å². The largest absolute Gasteiger partial charge is 0.272 e.